The van der Waals surface area contributed by atoms with Crippen molar-refractivity contribution in [3.05, 3.63) is 259 Å². The first-order valence-electron chi connectivity index (χ1n) is 32.8. The molecule has 0 aliphatic heterocycles. The number of hydrogen-bond donors (Lipinski definition) is 8. The minimum Gasteiger partial charge on any atom is -0.384 e. The summed E-state index contributed by atoms with van der Waals surface area (Å²) in [4.78, 5) is 78.5. The second kappa shape index (κ2) is 43.6. The fourth-order valence-electron chi connectivity index (χ4n) is 10.8. The van der Waals surface area contributed by atoms with Gasteiger partial charge in [0.25, 0.3) is 0 Å². The van der Waals surface area contributed by atoms with Gasteiger partial charge in [0.1, 0.15) is 12.1 Å². The number of aryl methyl sites for hydroxylation is 8. The Hall–Kier alpha value is -13.7. The van der Waals surface area contributed by atoms with Gasteiger partial charge in [0.15, 0.2) is 0 Å². The predicted molar refractivity (Wildman–Crippen MR) is 411 cm³/mol. The first-order valence-corrected chi connectivity index (χ1v) is 36.0. The molecule has 0 fully saturated rings. The molecule has 0 saturated carbocycles. The third kappa shape index (κ3) is 29.8. The third-order valence-corrected chi connectivity index (χ3v) is 15.4. The number of amides is 4. The van der Waals surface area contributed by atoms with Crippen LogP contribution in [0.25, 0.3) is 89.7 Å². The standard InChI is InChI=1S/C21H21N3O.2C19H18N4O.C17H16N6O.3HNO2S/c1-14-9-15(2)11-18(10-14)19-5-3-17(20-13-23-7-8-24-20)12-16(19)4-6-21(22)25;1-13-10-15(6-7-22-13)17-4-2-16(18-12-21-8-9-23-18)11-14(17)3-5-19(20)24;1-13-11-15(8-10-21-13)17-6-4-16(18-3-2-9-22-23-18)12-14(17)5-7-19(20)24;18-16-9-15(20-10-21-16)13-5-3-12(14-2-1-7-22-23-14)8-11(13)4-6-17(19)24;3*1-4(2)3/h3,5,7-13H,4,6H2,1-2H3,(H2,22,25);2,4,6-12H,3,5H2,1H3,(H2,20,24);2-4,6,8-12H,5,7H2,1H3,(H2,20,24);1-3,5,7-10H,4,6H2,(H2,19,24)(H2,18,20,21);3*1H. The molecule has 0 saturated heterocycles. The van der Waals surface area contributed by atoms with Crippen LogP contribution in [0.3, 0.4) is 0 Å². The molecule has 0 aliphatic rings. The van der Waals surface area contributed by atoms with E-state index in [-0.39, 0.29) is 30.0 Å². The Kier molecular flexibility index (Phi) is 33.7. The average molecular weight is 1530 g/mol. The highest BCUT2D eigenvalue weighted by molar-refractivity contribution is 7.60. The Bertz CT molecular complexity index is 5030. The molecule has 30 nitrogen and oxygen atoms in total. The molecule has 0 unspecified atom stereocenters. The summed E-state index contributed by atoms with van der Waals surface area (Å²) in [5, 5.41) is 16.1. The number of hydrogen-bond acceptors (Lipinski definition) is 26. The lowest BCUT2D eigenvalue weighted by Gasteiger charge is -2.13. The van der Waals surface area contributed by atoms with E-state index in [4.69, 9.17) is 68.3 Å². The number of carbonyl (C=O) groups is 4. The van der Waals surface area contributed by atoms with Crippen LogP contribution in [0.5, 0.6) is 0 Å². The molecular weight excluding hydrogens is 1450 g/mol. The van der Waals surface area contributed by atoms with Gasteiger partial charge in [-0.05, 0) is 182 Å². The first kappa shape index (κ1) is 84.3. The van der Waals surface area contributed by atoms with Gasteiger partial charge in [0.05, 0.1) is 40.9 Å². The van der Waals surface area contributed by atoms with Crippen LogP contribution in [-0.4, -0.2) is 109 Å². The van der Waals surface area contributed by atoms with Crippen LogP contribution in [-0.2, 0) is 76.4 Å². The van der Waals surface area contributed by atoms with E-state index < -0.39 is 31.5 Å². The highest BCUT2D eigenvalue weighted by atomic mass is 32.2. The summed E-state index contributed by atoms with van der Waals surface area (Å²) in [6, 6.07) is 48.0. The van der Waals surface area contributed by atoms with E-state index in [0.29, 0.717) is 56.5 Å². The topological polar surface area (TPSA) is 527 Å². The maximum absolute atomic E-state index is 11.3. The van der Waals surface area contributed by atoms with Crippen LogP contribution in [0.4, 0.5) is 5.82 Å². The van der Waals surface area contributed by atoms with Crippen molar-refractivity contribution < 1.29 is 44.4 Å². The van der Waals surface area contributed by atoms with Crippen LogP contribution in [0.1, 0.15) is 70.5 Å². The van der Waals surface area contributed by atoms with E-state index >= 15 is 0 Å². The third-order valence-electron chi connectivity index (χ3n) is 15.4. The van der Waals surface area contributed by atoms with Gasteiger partial charge in [-0.3, -0.25) is 49.1 Å². The summed E-state index contributed by atoms with van der Waals surface area (Å²) in [5.74, 6) is -0.878. The van der Waals surface area contributed by atoms with Gasteiger partial charge < -0.3 is 28.7 Å². The zero-order valence-electron chi connectivity index (χ0n) is 59.4. The molecule has 0 atom stereocenters. The summed E-state index contributed by atoms with van der Waals surface area (Å²) in [7, 11) is -7.83. The number of anilines is 1. The van der Waals surface area contributed by atoms with Crippen molar-refractivity contribution >= 4 is 60.9 Å². The number of nitrogens with one attached hydrogen (secondary N) is 3. The molecule has 4 amide bonds. The van der Waals surface area contributed by atoms with Crippen molar-refractivity contribution in [1.82, 2.24) is 60.3 Å². The number of pyridine rings is 2. The number of carbonyl (C=O) groups excluding carboxylic acids is 4. The number of aromatic nitrogens is 12. The van der Waals surface area contributed by atoms with Crippen molar-refractivity contribution in [2.45, 2.75) is 79.1 Å². The minimum absolute atomic E-state index is 0.248. The molecule has 12 rings (SSSR count). The Morgan fingerprint density at radius 2 is 0.688 bits per heavy atom. The minimum atomic E-state index is -2.61. The molecule has 13 N–H and O–H groups in total. The lowest BCUT2D eigenvalue weighted by Crippen LogP contribution is -2.11. The van der Waals surface area contributed by atoms with Crippen LogP contribution >= 0.6 is 0 Å². The van der Waals surface area contributed by atoms with Crippen molar-refractivity contribution in [2.75, 3.05) is 5.73 Å². The number of rotatable bonds is 20. The second-order valence-corrected chi connectivity index (χ2v) is 24.9. The Morgan fingerprint density at radius 3 is 1.01 bits per heavy atom. The van der Waals surface area contributed by atoms with Gasteiger partial charge in [-0.1, -0.05) is 77.9 Å². The van der Waals surface area contributed by atoms with Crippen molar-refractivity contribution in [1.29, 1.82) is 14.3 Å². The summed E-state index contributed by atoms with van der Waals surface area (Å²) in [6.45, 7) is 8.10. The number of primary amides is 4. The molecule has 0 spiro atoms. The Morgan fingerprint density at radius 1 is 0.339 bits per heavy atom. The van der Waals surface area contributed by atoms with Crippen molar-refractivity contribution in [3.8, 4) is 89.7 Å². The molecular formula is C76H76N20O10S3. The molecule has 33 heteroatoms. The molecule has 12 aromatic rings. The van der Waals surface area contributed by atoms with E-state index in [9.17, 15) is 19.2 Å². The van der Waals surface area contributed by atoms with Gasteiger partial charge in [0, 0.05) is 121 Å². The van der Waals surface area contributed by atoms with Gasteiger partial charge in [-0.15, -0.1) is 0 Å². The molecule has 0 radical (unpaired) electrons. The predicted octanol–water partition coefficient (Wildman–Crippen LogP) is 10.2. The maximum atomic E-state index is 11.3. The lowest BCUT2D eigenvalue weighted by molar-refractivity contribution is -0.118. The Balaban J connectivity index is 0.000000216. The summed E-state index contributed by atoms with van der Waals surface area (Å²) in [6.07, 6.45) is 21.8. The molecule has 7 aromatic heterocycles. The van der Waals surface area contributed by atoms with Crippen LogP contribution in [0.2, 0.25) is 0 Å². The summed E-state index contributed by atoms with van der Waals surface area (Å²) >= 11 is 0. The van der Waals surface area contributed by atoms with Gasteiger partial charge >= 0.3 is 31.5 Å². The SMILES string of the molecule is Cc1cc(-c2ccc(-c3cccnn3)cc2CCC(N)=O)ccn1.Cc1cc(-c2ccc(-c3cnccn3)cc2CCC(N)=O)ccn1.Cc1cc(C)cc(-c2ccc(-c3cnccn3)cc2CCC(N)=O)c1.N=S(=O)=O.N=S(=O)=O.N=S(=O)=O.NC(=O)CCc1cc(-c2cccnn2)ccc1-c1cc(N)ncn1. The zero-order chi connectivity index (χ0) is 79.4. The van der Waals surface area contributed by atoms with E-state index in [1.54, 1.807) is 68.0 Å². The van der Waals surface area contributed by atoms with Crippen molar-refractivity contribution in [2.24, 2.45) is 22.9 Å². The number of nitrogens with two attached hydrogens (primary N) is 5. The molecule has 5 aromatic carbocycles. The number of benzene rings is 5. The largest absolute Gasteiger partial charge is 0.384 e. The average Bonchev–Trinajstić information content (AvgIpc) is 0.839. The van der Waals surface area contributed by atoms with E-state index in [2.05, 4.69) is 129 Å². The highest BCUT2D eigenvalue weighted by Crippen LogP contribution is 2.34. The van der Waals surface area contributed by atoms with Gasteiger partial charge in [-0.25, -0.2) is 9.97 Å². The zero-order valence-corrected chi connectivity index (χ0v) is 61.9. The summed E-state index contributed by atoms with van der Waals surface area (Å²) < 4.78 is 68.5. The first-order chi connectivity index (χ1) is 52.1. The maximum Gasteiger partial charge on any atom is 0.308 e. The van der Waals surface area contributed by atoms with Crippen LogP contribution < -0.4 is 28.7 Å². The number of nitrogen functional groups attached to an aromatic ring is 1. The molecule has 0 bridgehead atoms. The van der Waals surface area contributed by atoms with Crippen LogP contribution in [0, 0.1) is 42.0 Å². The highest BCUT2D eigenvalue weighted by Gasteiger charge is 2.16. The molecule has 7 heterocycles. The second-order valence-electron chi connectivity index (χ2n) is 23.5. The van der Waals surface area contributed by atoms with Gasteiger partial charge in [0.2, 0.25) is 23.6 Å². The smallest absolute Gasteiger partial charge is 0.308 e. The fourth-order valence-corrected chi connectivity index (χ4v) is 10.8. The quantitative estimate of drug-likeness (QED) is 0.0351. The van der Waals surface area contributed by atoms with E-state index in [0.717, 1.165) is 118 Å². The molecule has 558 valence electrons. The van der Waals surface area contributed by atoms with Crippen LogP contribution in [0.15, 0.2) is 214 Å². The fraction of sp³-hybridized carbons (Fsp3) is 0.158. The van der Waals surface area contributed by atoms with E-state index in [1.165, 1.54) is 17.5 Å². The summed E-state index contributed by atoms with van der Waals surface area (Å²) in [5.41, 5.74) is 50.7. The monoisotopic (exact) mass is 1520 g/mol. The number of nitrogens with zero attached hydrogens (tertiary/aromatic N) is 12. The lowest BCUT2D eigenvalue weighted by atomic mass is 9.92. The Labute approximate surface area is 632 Å². The molecule has 109 heavy (non-hydrogen) atoms. The molecule has 0 aliphatic carbocycles. The van der Waals surface area contributed by atoms with E-state index in [1.807, 2.05) is 98.8 Å². The van der Waals surface area contributed by atoms with Crippen molar-refractivity contribution in [3.63, 3.8) is 0 Å². The normalized spacial score (nSPS) is 10.1. The van der Waals surface area contributed by atoms with Gasteiger partial charge in [-0.2, -0.15) is 60.0 Å².